The molecule has 2 amide bonds. The summed E-state index contributed by atoms with van der Waals surface area (Å²) >= 11 is 0. The van der Waals surface area contributed by atoms with E-state index in [9.17, 15) is 9.90 Å². The molecule has 1 saturated carbocycles. The van der Waals surface area contributed by atoms with Crippen LogP contribution >= 0.6 is 0 Å². The van der Waals surface area contributed by atoms with E-state index >= 15 is 0 Å². The predicted octanol–water partition coefficient (Wildman–Crippen LogP) is 1.85. The molecule has 0 heterocycles. The second-order valence-electron chi connectivity index (χ2n) is 5.91. The minimum absolute atomic E-state index is 0.000457. The quantitative estimate of drug-likeness (QED) is 0.672. The summed E-state index contributed by atoms with van der Waals surface area (Å²) in [4.78, 5) is 12.0. The molecule has 124 valence electrons. The van der Waals surface area contributed by atoms with E-state index in [0.717, 1.165) is 43.4 Å². The zero-order valence-electron chi connectivity index (χ0n) is 13.3. The van der Waals surface area contributed by atoms with E-state index in [2.05, 4.69) is 16.6 Å². The van der Waals surface area contributed by atoms with Crippen molar-refractivity contribution in [3.63, 3.8) is 0 Å². The number of ether oxygens (including phenoxy) is 1. The molecule has 23 heavy (non-hydrogen) atoms. The van der Waals surface area contributed by atoms with Gasteiger partial charge in [-0.25, -0.2) is 4.79 Å². The summed E-state index contributed by atoms with van der Waals surface area (Å²) in [5, 5.41) is 15.3. The zero-order chi connectivity index (χ0) is 16.5. The van der Waals surface area contributed by atoms with E-state index in [-0.39, 0.29) is 19.2 Å². The third-order valence-corrected chi connectivity index (χ3v) is 4.19. The van der Waals surface area contributed by atoms with E-state index < -0.39 is 5.54 Å². The van der Waals surface area contributed by atoms with Gasteiger partial charge >= 0.3 is 6.03 Å². The number of terminal acetylenes is 1. The van der Waals surface area contributed by atoms with Gasteiger partial charge in [-0.3, -0.25) is 0 Å². The van der Waals surface area contributed by atoms with Gasteiger partial charge in [0.15, 0.2) is 0 Å². The lowest BCUT2D eigenvalue weighted by Crippen LogP contribution is -2.53. The summed E-state index contributed by atoms with van der Waals surface area (Å²) in [7, 11) is 0. The molecule has 1 fully saturated rings. The summed E-state index contributed by atoms with van der Waals surface area (Å²) in [6, 6.07) is 7.43. The van der Waals surface area contributed by atoms with Gasteiger partial charge in [0.05, 0.1) is 12.1 Å². The van der Waals surface area contributed by atoms with E-state index in [0.29, 0.717) is 6.54 Å². The summed E-state index contributed by atoms with van der Waals surface area (Å²) in [5.41, 5.74) is 0.677. The summed E-state index contributed by atoms with van der Waals surface area (Å²) < 4.78 is 5.31. The Morgan fingerprint density at radius 1 is 1.30 bits per heavy atom. The Labute approximate surface area is 137 Å². The van der Waals surface area contributed by atoms with Crippen molar-refractivity contribution in [3.05, 3.63) is 29.8 Å². The third kappa shape index (κ3) is 5.19. The van der Waals surface area contributed by atoms with Gasteiger partial charge in [-0.2, -0.15) is 0 Å². The highest BCUT2D eigenvalue weighted by Crippen LogP contribution is 2.28. The van der Waals surface area contributed by atoms with Crippen LogP contribution in [0.25, 0.3) is 0 Å². The number of aliphatic hydroxyl groups is 1. The first-order valence-corrected chi connectivity index (χ1v) is 7.99. The van der Waals surface area contributed by atoms with Crippen molar-refractivity contribution in [1.82, 2.24) is 10.6 Å². The second kappa shape index (κ2) is 8.44. The van der Waals surface area contributed by atoms with E-state index in [1.54, 1.807) is 0 Å². The number of urea groups is 1. The normalized spacial score (nSPS) is 15.7. The fourth-order valence-corrected chi connectivity index (χ4v) is 2.86. The molecule has 1 aromatic rings. The maximum Gasteiger partial charge on any atom is 0.315 e. The topological polar surface area (TPSA) is 70.6 Å². The van der Waals surface area contributed by atoms with Crippen LogP contribution in [0, 0.1) is 12.3 Å². The number of carbonyl (C=O) groups is 1. The highest BCUT2D eigenvalue weighted by atomic mass is 16.5. The molecule has 1 aromatic carbocycles. The second-order valence-corrected chi connectivity index (χ2v) is 5.91. The van der Waals surface area contributed by atoms with Crippen LogP contribution in [0.5, 0.6) is 5.75 Å². The number of rotatable bonds is 7. The molecule has 0 saturated heterocycles. The fraction of sp³-hybridized carbons (Fsp3) is 0.500. The molecular formula is C18H24N2O3. The number of carbonyl (C=O) groups excluding carboxylic acids is 1. The Morgan fingerprint density at radius 2 is 2.00 bits per heavy atom. The molecule has 5 heteroatoms. The number of amides is 2. The van der Waals surface area contributed by atoms with Crippen molar-refractivity contribution >= 4 is 6.03 Å². The molecule has 0 unspecified atom stereocenters. The molecule has 0 aromatic heterocycles. The lowest BCUT2D eigenvalue weighted by Gasteiger charge is -2.27. The fourth-order valence-electron chi connectivity index (χ4n) is 2.86. The largest absolute Gasteiger partial charge is 0.481 e. The molecule has 3 N–H and O–H groups in total. The molecule has 1 aliphatic rings. The summed E-state index contributed by atoms with van der Waals surface area (Å²) in [5.74, 6) is 3.16. The molecule has 0 spiro atoms. The van der Waals surface area contributed by atoms with Crippen LogP contribution in [0.15, 0.2) is 24.3 Å². The number of hydrogen-bond donors (Lipinski definition) is 3. The SMILES string of the molecule is C#CCOc1ccc(CCNC(=O)NC2(CO)CCCC2)cc1. The molecule has 1 aliphatic carbocycles. The lowest BCUT2D eigenvalue weighted by atomic mass is 9.99. The van der Waals surface area contributed by atoms with Crippen LogP contribution in [0.4, 0.5) is 4.79 Å². The van der Waals surface area contributed by atoms with Crippen LogP contribution in [-0.4, -0.2) is 36.4 Å². The molecule has 2 rings (SSSR count). The van der Waals surface area contributed by atoms with E-state index in [4.69, 9.17) is 11.2 Å². The zero-order valence-corrected chi connectivity index (χ0v) is 13.3. The van der Waals surface area contributed by atoms with Crippen molar-refractivity contribution in [2.24, 2.45) is 0 Å². The maximum atomic E-state index is 12.0. The average Bonchev–Trinajstić information content (AvgIpc) is 3.03. The van der Waals surface area contributed by atoms with Gasteiger partial charge < -0.3 is 20.5 Å². The van der Waals surface area contributed by atoms with E-state index in [1.165, 1.54) is 0 Å². The van der Waals surface area contributed by atoms with Gasteiger partial charge in [0.2, 0.25) is 0 Å². The monoisotopic (exact) mass is 316 g/mol. The Hall–Kier alpha value is -2.19. The van der Waals surface area contributed by atoms with Crippen molar-refractivity contribution in [3.8, 4) is 18.1 Å². The van der Waals surface area contributed by atoms with Crippen LogP contribution in [0.1, 0.15) is 31.2 Å². The minimum atomic E-state index is -0.430. The van der Waals surface area contributed by atoms with Crippen LogP contribution in [-0.2, 0) is 6.42 Å². The highest BCUT2D eigenvalue weighted by molar-refractivity contribution is 5.74. The standard InChI is InChI=1S/C18H24N2O3/c1-2-13-23-16-7-5-15(6-8-16)9-12-19-17(22)20-18(14-21)10-3-4-11-18/h1,5-8,21H,3-4,9-14H2,(H2,19,20,22). The first-order valence-electron chi connectivity index (χ1n) is 7.99. The first-order chi connectivity index (χ1) is 11.2. The van der Waals surface area contributed by atoms with Crippen molar-refractivity contribution in [2.45, 2.75) is 37.6 Å². The molecule has 0 aliphatic heterocycles. The van der Waals surface area contributed by atoms with Gasteiger partial charge in [-0.1, -0.05) is 30.9 Å². The smallest absolute Gasteiger partial charge is 0.315 e. The number of hydrogen-bond acceptors (Lipinski definition) is 3. The average molecular weight is 316 g/mol. The van der Waals surface area contributed by atoms with Gasteiger partial charge in [0.1, 0.15) is 12.4 Å². The Bertz CT molecular complexity index is 542. The van der Waals surface area contributed by atoms with Crippen molar-refractivity contribution < 1.29 is 14.6 Å². The highest BCUT2D eigenvalue weighted by Gasteiger charge is 2.34. The minimum Gasteiger partial charge on any atom is -0.481 e. The number of nitrogens with one attached hydrogen (secondary N) is 2. The first kappa shape index (κ1) is 17.2. The van der Waals surface area contributed by atoms with E-state index in [1.807, 2.05) is 24.3 Å². The van der Waals surface area contributed by atoms with Crippen molar-refractivity contribution in [1.29, 1.82) is 0 Å². The maximum absolute atomic E-state index is 12.0. The predicted molar refractivity (Wildman–Crippen MR) is 89.3 cm³/mol. The van der Waals surface area contributed by atoms with Crippen LogP contribution < -0.4 is 15.4 Å². The summed E-state index contributed by atoms with van der Waals surface area (Å²) in [6.45, 7) is 0.797. The molecular weight excluding hydrogens is 292 g/mol. The van der Waals surface area contributed by atoms with Gasteiger partial charge in [-0.15, -0.1) is 6.42 Å². The Morgan fingerprint density at radius 3 is 2.61 bits per heavy atom. The summed E-state index contributed by atoms with van der Waals surface area (Å²) in [6.07, 6.45) is 9.66. The van der Waals surface area contributed by atoms with Crippen LogP contribution in [0.3, 0.4) is 0 Å². The molecule has 5 nitrogen and oxygen atoms in total. The van der Waals surface area contributed by atoms with Gasteiger partial charge in [0, 0.05) is 6.54 Å². The molecule has 0 radical (unpaired) electrons. The molecule has 0 bridgehead atoms. The number of aliphatic hydroxyl groups excluding tert-OH is 1. The Kier molecular flexibility index (Phi) is 6.30. The van der Waals surface area contributed by atoms with Crippen LogP contribution in [0.2, 0.25) is 0 Å². The lowest BCUT2D eigenvalue weighted by molar-refractivity contribution is 0.163. The van der Waals surface area contributed by atoms with Crippen molar-refractivity contribution in [2.75, 3.05) is 19.8 Å². The van der Waals surface area contributed by atoms with Gasteiger partial charge in [-0.05, 0) is 37.0 Å². The third-order valence-electron chi connectivity index (χ3n) is 4.19. The van der Waals surface area contributed by atoms with Gasteiger partial charge in [0.25, 0.3) is 0 Å². The number of benzene rings is 1. The molecule has 0 atom stereocenters. The Balaban J connectivity index is 1.72.